The Morgan fingerprint density at radius 2 is 2.39 bits per heavy atom. The maximum Gasteiger partial charge on any atom is 0.209 e. The highest BCUT2D eigenvalue weighted by molar-refractivity contribution is 5.48. The number of benzene rings is 1. The number of carbonyl (C=O) groups excluding carboxylic acids is 1. The van der Waals surface area contributed by atoms with Gasteiger partial charge in [-0.05, 0) is 12.0 Å². The molecule has 0 bridgehead atoms. The molecule has 1 amide bonds. The molecule has 1 aromatic carbocycles. The molecule has 1 atom stereocenters. The number of para-hydroxylation sites is 1. The fraction of sp³-hybridized carbons (Fsp3) is 0.500. The molecule has 0 radical (unpaired) electrons. The Labute approximate surface area is 107 Å². The van der Waals surface area contributed by atoms with Crippen molar-refractivity contribution in [1.29, 1.82) is 0 Å². The van der Waals surface area contributed by atoms with E-state index in [1.807, 2.05) is 12.1 Å². The summed E-state index contributed by atoms with van der Waals surface area (Å²) < 4.78 is 11.3. The molecule has 1 aromatic rings. The van der Waals surface area contributed by atoms with Crippen molar-refractivity contribution < 1.29 is 14.3 Å². The van der Waals surface area contributed by atoms with E-state index in [2.05, 4.69) is 13.0 Å². The molecule has 4 nitrogen and oxygen atoms in total. The first kappa shape index (κ1) is 12.9. The average molecular weight is 249 g/mol. The van der Waals surface area contributed by atoms with Crippen molar-refractivity contribution in [2.24, 2.45) is 0 Å². The van der Waals surface area contributed by atoms with Gasteiger partial charge < -0.3 is 14.4 Å². The van der Waals surface area contributed by atoms with Gasteiger partial charge in [-0.25, -0.2) is 0 Å². The minimum Gasteiger partial charge on any atom is -0.496 e. The maximum atomic E-state index is 10.9. The third-order valence-electron chi connectivity index (χ3n) is 3.31. The van der Waals surface area contributed by atoms with E-state index in [4.69, 9.17) is 9.47 Å². The molecular weight excluding hydrogens is 230 g/mol. The Kier molecular flexibility index (Phi) is 4.20. The van der Waals surface area contributed by atoms with Crippen LogP contribution in [0.4, 0.5) is 0 Å². The zero-order chi connectivity index (χ0) is 13.0. The van der Waals surface area contributed by atoms with E-state index in [0.29, 0.717) is 19.7 Å². The molecule has 0 saturated carbocycles. The van der Waals surface area contributed by atoms with E-state index in [-0.39, 0.29) is 6.10 Å². The van der Waals surface area contributed by atoms with Crippen LogP contribution in [0.25, 0.3) is 0 Å². The van der Waals surface area contributed by atoms with E-state index in [9.17, 15) is 4.79 Å². The molecule has 1 aliphatic heterocycles. The van der Waals surface area contributed by atoms with Crippen LogP contribution in [0.1, 0.15) is 24.2 Å². The lowest BCUT2D eigenvalue weighted by Crippen LogP contribution is -2.37. The number of amides is 1. The van der Waals surface area contributed by atoms with Crippen LogP contribution >= 0.6 is 0 Å². The van der Waals surface area contributed by atoms with E-state index in [1.165, 1.54) is 5.56 Å². The summed E-state index contributed by atoms with van der Waals surface area (Å²) in [6, 6.07) is 6.08. The van der Waals surface area contributed by atoms with E-state index < -0.39 is 0 Å². The first-order valence-corrected chi connectivity index (χ1v) is 6.26. The number of rotatable bonds is 4. The van der Waals surface area contributed by atoms with Gasteiger partial charge in [0.1, 0.15) is 11.9 Å². The molecule has 2 rings (SSSR count). The van der Waals surface area contributed by atoms with Crippen LogP contribution in [-0.4, -0.2) is 38.1 Å². The summed E-state index contributed by atoms with van der Waals surface area (Å²) in [4.78, 5) is 12.6. The molecule has 1 unspecified atom stereocenters. The average Bonchev–Trinajstić information content (AvgIpc) is 2.46. The van der Waals surface area contributed by atoms with Crippen LogP contribution < -0.4 is 4.74 Å². The number of methoxy groups -OCH3 is 1. The van der Waals surface area contributed by atoms with Crippen LogP contribution in [0.3, 0.4) is 0 Å². The van der Waals surface area contributed by atoms with Crippen molar-refractivity contribution in [3.63, 3.8) is 0 Å². The van der Waals surface area contributed by atoms with Crippen molar-refractivity contribution >= 4 is 6.41 Å². The molecule has 1 fully saturated rings. The Hall–Kier alpha value is -1.55. The van der Waals surface area contributed by atoms with Crippen molar-refractivity contribution in [3.05, 3.63) is 29.3 Å². The largest absolute Gasteiger partial charge is 0.496 e. The molecule has 4 heteroatoms. The SMILES string of the molecule is CCc1cccc(C2CN(C=O)CCO2)c1OC. The fourth-order valence-electron chi connectivity index (χ4n) is 2.34. The first-order valence-electron chi connectivity index (χ1n) is 6.26. The number of nitrogens with zero attached hydrogens (tertiary/aromatic N) is 1. The number of morpholine rings is 1. The van der Waals surface area contributed by atoms with Crippen molar-refractivity contribution in [3.8, 4) is 5.75 Å². The normalized spacial score (nSPS) is 19.7. The Bertz CT molecular complexity index is 420. The Morgan fingerprint density at radius 1 is 1.56 bits per heavy atom. The summed E-state index contributed by atoms with van der Waals surface area (Å²) >= 11 is 0. The van der Waals surface area contributed by atoms with Gasteiger partial charge in [0.2, 0.25) is 6.41 Å². The second-order valence-electron chi connectivity index (χ2n) is 4.35. The van der Waals surface area contributed by atoms with E-state index >= 15 is 0 Å². The number of ether oxygens (including phenoxy) is 2. The number of hydrogen-bond donors (Lipinski definition) is 0. The zero-order valence-corrected chi connectivity index (χ0v) is 10.9. The van der Waals surface area contributed by atoms with Crippen LogP contribution in [0, 0.1) is 0 Å². The maximum absolute atomic E-state index is 10.9. The van der Waals surface area contributed by atoms with Crippen LogP contribution in [-0.2, 0) is 16.0 Å². The van der Waals surface area contributed by atoms with Crippen molar-refractivity contribution in [1.82, 2.24) is 4.90 Å². The Morgan fingerprint density at radius 3 is 3.06 bits per heavy atom. The molecule has 0 aliphatic carbocycles. The predicted octanol–water partition coefficient (Wildman–Crippen LogP) is 1.79. The lowest BCUT2D eigenvalue weighted by atomic mass is 10.0. The number of aryl methyl sites for hydroxylation is 1. The van der Waals surface area contributed by atoms with Crippen LogP contribution in [0.15, 0.2) is 18.2 Å². The van der Waals surface area contributed by atoms with Gasteiger partial charge >= 0.3 is 0 Å². The zero-order valence-electron chi connectivity index (χ0n) is 10.9. The fourth-order valence-corrected chi connectivity index (χ4v) is 2.34. The molecule has 0 aromatic heterocycles. The molecule has 18 heavy (non-hydrogen) atoms. The summed E-state index contributed by atoms with van der Waals surface area (Å²) in [5, 5.41) is 0. The monoisotopic (exact) mass is 249 g/mol. The topological polar surface area (TPSA) is 38.8 Å². The summed E-state index contributed by atoms with van der Waals surface area (Å²) in [6.45, 7) is 3.92. The standard InChI is InChI=1S/C14H19NO3/c1-3-11-5-4-6-12(14(11)17-2)13-9-15(10-16)7-8-18-13/h4-6,10,13H,3,7-9H2,1-2H3. The summed E-state index contributed by atoms with van der Waals surface area (Å²) in [6.07, 6.45) is 1.71. The highest BCUT2D eigenvalue weighted by atomic mass is 16.5. The summed E-state index contributed by atoms with van der Waals surface area (Å²) in [5.41, 5.74) is 2.20. The van der Waals surface area contributed by atoms with Crippen molar-refractivity contribution in [2.75, 3.05) is 26.8 Å². The quantitative estimate of drug-likeness (QED) is 0.764. The van der Waals surface area contributed by atoms with Gasteiger partial charge in [-0.2, -0.15) is 0 Å². The highest BCUT2D eigenvalue weighted by Gasteiger charge is 2.24. The van der Waals surface area contributed by atoms with Gasteiger partial charge in [-0.1, -0.05) is 25.1 Å². The molecule has 1 saturated heterocycles. The first-order chi connectivity index (χ1) is 8.80. The van der Waals surface area contributed by atoms with Crippen molar-refractivity contribution in [2.45, 2.75) is 19.4 Å². The van der Waals surface area contributed by atoms with Gasteiger partial charge in [-0.15, -0.1) is 0 Å². The van der Waals surface area contributed by atoms with Gasteiger partial charge in [0.15, 0.2) is 0 Å². The minimum absolute atomic E-state index is 0.0922. The molecule has 0 N–H and O–H groups in total. The number of carbonyl (C=O) groups is 1. The minimum atomic E-state index is -0.0922. The van der Waals surface area contributed by atoms with Crippen LogP contribution in [0.2, 0.25) is 0 Å². The van der Waals surface area contributed by atoms with Gasteiger partial charge in [0, 0.05) is 12.1 Å². The lowest BCUT2D eigenvalue weighted by Gasteiger charge is -2.31. The van der Waals surface area contributed by atoms with Gasteiger partial charge in [0.05, 0.1) is 20.3 Å². The third kappa shape index (κ3) is 2.48. The molecule has 0 spiro atoms. The Balaban J connectivity index is 2.29. The van der Waals surface area contributed by atoms with Gasteiger partial charge in [0.25, 0.3) is 0 Å². The molecule has 1 heterocycles. The molecule has 98 valence electrons. The predicted molar refractivity (Wildman–Crippen MR) is 68.7 cm³/mol. The highest BCUT2D eigenvalue weighted by Crippen LogP contribution is 2.32. The molecular formula is C14H19NO3. The molecule has 1 aliphatic rings. The lowest BCUT2D eigenvalue weighted by molar-refractivity contribution is -0.125. The second-order valence-corrected chi connectivity index (χ2v) is 4.35. The van der Waals surface area contributed by atoms with E-state index in [0.717, 1.165) is 24.1 Å². The second kappa shape index (κ2) is 5.87. The van der Waals surface area contributed by atoms with Crippen LogP contribution in [0.5, 0.6) is 5.75 Å². The third-order valence-corrected chi connectivity index (χ3v) is 3.31. The summed E-state index contributed by atoms with van der Waals surface area (Å²) in [5.74, 6) is 0.887. The summed E-state index contributed by atoms with van der Waals surface area (Å²) in [7, 11) is 1.68. The smallest absolute Gasteiger partial charge is 0.209 e. The number of hydrogen-bond acceptors (Lipinski definition) is 3. The van der Waals surface area contributed by atoms with Gasteiger partial charge in [-0.3, -0.25) is 4.79 Å². The van der Waals surface area contributed by atoms with E-state index in [1.54, 1.807) is 12.0 Å².